The zero-order valence-electron chi connectivity index (χ0n) is 16.3. The van der Waals surface area contributed by atoms with Crippen LogP contribution >= 0.6 is 0 Å². The van der Waals surface area contributed by atoms with E-state index in [1.165, 1.54) is 0 Å². The number of fused-ring (bicyclic) bond motifs is 1. The minimum absolute atomic E-state index is 0.0704. The largest absolute Gasteiger partial charge is 0.358 e. The van der Waals surface area contributed by atoms with E-state index in [0.29, 0.717) is 0 Å². The van der Waals surface area contributed by atoms with Crippen LogP contribution in [0, 0.1) is 20.8 Å². The van der Waals surface area contributed by atoms with E-state index in [0.717, 1.165) is 39.0 Å². The maximum Gasteiger partial charge on any atom is 0.240 e. The molecule has 0 saturated carbocycles. The van der Waals surface area contributed by atoms with Gasteiger partial charge in [0.2, 0.25) is 11.8 Å². The van der Waals surface area contributed by atoms with E-state index in [4.69, 9.17) is 0 Å². The van der Waals surface area contributed by atoms with Crippen molar-refractivity contribution in [2.45, 2.75) is 33.6 Å². The minimum Gasteiger partial charge on any atom is -0.358 e. The molecule has 0 aliphatic carbocycles. The summed E-state index contributed by atoms with van der Waals surface area (Å²) in [5.41, 5.74) is 8.33. The molecule has 3 rings (SSSR count). The average Bonchev–Trinajstić information content (AvgIpc) is 2.98. The Morgan fingerprint density at radius 3 is 2.57 bits per heavy atom. The molecule has 28 heavy (non-hydrogen) atoms. The summed E-state index contributed by atoms with van der Waals surface area (Å²) in [5, 5.41) is 7.92. The van der Waals surface area contributed by atoms with Crippen molar-refractivity contribution >= 4 is 34.6 Å². The van der Waals surface area contributed by atoms with Gasteiger partial charge in [0.25, 0.3) is 0 Å². The van der Waals surface area contributed by atoms with Gasteiger partial charge in [-0.25, -0.2) is 5.43 Å². The first-order chi connectivity index (χ1) is 13.4. The molecule has 1 aromatic heterocycles. The Labute approximate surface area is 164 Å². The third-order valence-electron chi connectivity index (χ3n) is 4.56. The van der Waals surface area contributed by atoms with Gasteiger partial charge in [-0.2, -0.15) is 5.10 Å². The second kappa shape index (κ2) is 8.52. The van der Waals surface area contributed by atoms with Crippen LogP contribution in [0.2, 0.25) is 0 Å². The molecule has 0 spiro atoms. The average molecular weight is 376 g/mol. The fraction of sp³-hybridized carbons (Fsp3) is 0.227. The number of rotatable bonds is 6. The first-order valence-electron chi connectivity index (χ1n) is 9.20. The number of aromatic amines is 1. The maximum atomic E-state index is 12.1. The highest BCUT2D eigenvalue weighted by atomic mass is 16.2. The summed E-state index contributed by atoms with van der Waals surface area (Å²) in [6.07, 6.45) is 1.80. The van der Waals surface area contributed by atoms with Crippen LogP contribution in [0.3, 0.4) is 0 Å². The molecule has 1 heterocycles. The first-order valence-corrected chi connectivity index (χ1v) is 9.20. The summed E-state index contributed by atoms with van der Waals surface area (Å²) in [4.78, 5) is 27.3. The van der Waals surface area contributed by atoms with Crippen molar-refractivity contribution in [2.75, 3.05) is 5.32 Å². The van der Waals surface area contributed by atoms with Crippen LogP contribution in [-0.2, 0) is 9.59 Å². The summed E-state index contributed by atoms with van der Waals surface area (Å²) in [7, 11) is 0. The van der Waals surface area contributed by atoms with E-state index < -0.39 is 0 Å². The van der Waals surface area contributed by atoms with E-state index in [2.05, 4.69) is 20.8 Å². The van der Waals surface area contributed by atoms with E-state index in [1.54, 1.807) is 6.21 Å². The molecule has 2 amide bonds. The number of carbonyl (C=O) groups is 2. The lowest BCUT2D eigenvalue weighted by Crippen LogP contribution is -2.21. The topological polar surface area (TPSA) is 86.3 Å². The van der Waals surface area contributed by atoms with Crippen molar-refractivity contribution in [3.63, 3.8) is 0 Å². The number of aromatic nitrogens is 1. The first kappa shape index (κ1) is 19.4. The molecule has 0 bridgehead atoms. The quantitative estimate of drug-likeness (QED) is 0.449. The maximum absolute atomic E-state index is 12.1. The number of benzene rings is 2. The number of hydrogen-bond donors (Lipinski definition) is 3. The Balaban J connectivity index is 1.51. The van der Waals surface area contributed by atoms with Crippen molar-refractivity contribution < 1.29 is 9.59 Å². The Morgan fingerprint density at radius 2 is 1.79 bits per heavy atom. The number of nitrogens with zero attached hydrogens (tertiary/aromatic N) is 1. The highest BCUT2D eigenvalue weighted by molar-refractivity contribution is 6.01. The number of para-hydroxylation sites is 1. The molecule has 0 saturated heterocycles. The number of hydrazone groups is 1. The minimum atomic E-state index is -0.301. The molecule has 2 aromatic carbocycles. The summed E-state index contributed by atoms with van der Waals surface area (Å²) in [6, 6.07) is 13.7. The lowest BCUT2D eigenvalue weighted by atomic mass is 10.1. The van der Waals surface area contributed by atoms with Gasteiger partial charge in [-0.1, -0.05) is 35.9 Å². The molecule has 6 nitrogen and oxygen atoms in total. The van der Waals surface area contributed by atoms with Gasteiger partial charge in [-0.3, -0.25) is 9.59 Å². The molecule has 0 aliphatic rings. The zero-order chi connectivity index (χ0) is 20.1. The Kier molecular flexibility index (Phi) is 5.89. The molecule has 0 unspecified atom stereocenters. The lowest BCUT2D eigenvalue weighted by molar-refractivity contribution is -0.124. The van der Waals surface area contributed by atoms with Gasteiger partial charge in [0, 0.05) is 40.7 Å². The zero-order valence-corrected chi connectivity index (χ0v) is 16.3. The fourth-order valence-corrected chi connectivity index (χ4v) is 3.08. The van der Waals surface area contributed by atoms with E-state index in [1.807, 2.05) is 63.2 Å². The lowest BCUT2D eigenvalue weighted by Gasteiger charge is -2.08. The smallest absolute Gasteiger partial charge is 0.240 e. The van der Waals surface area contributed by atoms with Crippen molar-refractivity contribution in [3.05, 3.63) is 64.8 Å². The number of hydrogen-bond acceptors (Lipinski definition) is 3. The molecule has 144 valence electrons. The molecule has 0 aliphatic heterocycles. The number of anilines is 1. The molecular formula is C22H24N4O2. The molecule has 3 N–H and O–H groups in total. The van der Waals surface area contributed by atoms with Crippen molar-refractivity contribution in [3.8, 4) is 0 Å². The Morgan fingerprint density at radius 1 is 1.04 bits per heavy atom. The number of amides is 2. The van der Waals surface area contributed by atoms with Crippen LogP contribution in [-0.4, -0.2) is 23.0 Å². The second-order valence-electron chi connectivity index (χ2n) is 6.87. The van der Waals surface area contributed by atoms with E-state index >= 15 is 0 Å². The monoisotopic (exact) mass is 376 g/mol. The summed E-state index contributed by atoms with van der Waals surface area (Å²) >= 11 is 0. The van der Waals surface area contributed by atoms with Crippen LogP contribution in [0.15, 0.2) is 47.6 Å². The van der Waals surface area contributed by atoms with Crippen molar-refractivity contribution in [1.29, 1.82) is 0 Å². The highest BCUT2D eigenvalue weighted by Gasteiger charge is 2.09. The van der Waals surface area contributed by atoms with Crippen LogP contribution in [0.5, 0.6) is 0 Å². The Hall–Kier alpha value is -3.41. The number of carbonyl (C=O) groups excluding carboxylic acids is 2. The summed E-state index contributed by atoms with van der Waals surface area (Å²) < 4.78 is 0. The third kappa shape index (κ3) is 4.65. The molecule has 0 atom stereocenters. The standard InChI is InChI=1S/C22H24N4O2/c1-14-8-9-19(15(2)12-14)25-21(27)10-11-22(28)26-23-13-18-16(3)24-20-7-5-4-6-17(18)20/h4-9,12-13,24H,10-11H2,1-3H3,(H,25,27)(H,26,28)/b23-13-. The van der Waals surface area contributed by atoms with Crippen LogP contribution in [0.25, 0.3) is 10.9 Å². The second-order valence-corrected chi connectivity index (χ2v) is 6.87. The summed E-state index contributed by atoms with van der Waals surface area (Å²) in [6.45, 7) is 5.90. The molecule has 3 aromatic rings. The highest BCUT2D eigenvalue weighted by Crippen LogP contribution is 2.20. The van der Waals surface area contributed by atoms with Gasteiger partial charge < -0.3 is 10.3 Å². The number of H-pyrrole nitrogens is 1. The Bertz CT molecular complexity index is 1050. The number of nitrogens with one attached hydrogen (secondary N) is 3. The molecule has 6 heteroatoms. The van der Waals surface area contributed by atoms with Gasteiger partial charge >= 0.3 is 0 Å². The van der Waals surface area contributed by atoms with Gasteiger partial charge in [-0.05, 0) is 38.5 Å². The van der Waals surface area contributed by atoms with Gasteiger partial charge in [0.15, 0.2) is 0 Å². The predicted octanol–water partition coefficient (Wildman–Crippen LogP) is 3.96. The van der Waals surface area contributed by atoms with Crippen LogP contribution in [0.4, 0.5) is 5.69 Å². The third-order valence-corrected chi connectivity index (χ3v) is 4.56. The van der Waals surface area contributed by atoms with Crippen LogP contribution in [0.1, 0.15) is 35.2 Å². The number of aryl methyl sites for hydroxylation is 3. The van der Waals surface area contributed by atoms with Crippen LogP contribution < -0.4 is 10.7 Å². The summed E-state index contributed by atoms with van der Waals surface area (Å²) in [5.74, 6) is -0.497. The van der Waals surface area contributed by atoms with Crippen molar-refractivity contribution in [2.24, 2.45) is 5.10 Å². The molecular weight excluding hydrogens is 352 g/mol. The molecule has 0 radical (unpaired) electrons. The molecule has 0 fully saturated rings. The normalized spacial score (nSPS) is 11.1. The van der Waals surface area contributed by atoms with E-state index in [9.17, 15) is 9.59 Å². The fourth-order valence-electron chi connectivity index (χ4n) is 3.08. The van der Waals surface area contributed by atoms with Gasteiger partial charge in [0.1, 0.15) is 0 Å². The van der Waals surface area contributed by atoms with Crippen molar-refractivity contribution in [1.82, 2.24) is 10.4 Å². The van der Waals surface area contributed by atoms with Gasteiger partial charge in [-0.15, -0.1) is 0 Å². The SMILES string of the molecule is Cc1ccc(NC(=O)CCC(=O)N/N=C\c2c(C)[nH]c3ccccc23)c(C)c1. The predicted molar refractivity (Wildman–Crippen MR) is 113 cm³/mol. The van der Waals surface area contributed by atoms with Gasteiger partial charge in [0.05, 0.1) is 6.21 Å². The van der Waals surface area contributed by atoms with E-state index in [-0.39, 0.29) is 24.7 Å².